The highest BCUT2D eigenvalue weighted by molar-refractivity contribution is 5.87. The van der Waals surface area contributed by atoms with Gasteiger partial charge in [-0.2, -0.15) is 0 Å². The zero-order valence-electron chi connectivity index (χ0n) is 17.4. The van der Waals surface area contributed by atoms with E-state index in [9.17, 15) is 9.90 Å². The highest BCUT2D eigenvalue weighted by Gasteiger charge is 2.24. The van der Waals surface area contributed by atoms with Crippen molar-refractivity contribution in [3.05, 3.63) is 36.0 Å². The molecule has 7 nitrogen and oxygen atoms in total. The van der Waals surface area contributed by atoms with E-state index in [4.69, 9.17) is 15.2 Å². The van der Waals surface area contributed by atoms with Crippen LogP contribution in [0, 0.1) is 5.92 Å². The number of hydrogen-bond donors (Lipinski definition) is 2. The van der Waals surface area contributed by atoms with Crippen LogP contribution in [0.1, 0.15) is 39.7 Å². The molecule has 2 aromatic rings. The van der Waals surface area contributed by atoms with Crippen molar-refractivity contribution < 1.29 is 19.4 Å². The normalized spacial score (nSPS) is 14.4. The lowest BCUT2D eigenvalue weighted by molar-refractivity contribution is 0.202. The van der Waals surface area contributed by atoms with Crippen LogP contribution in [-0.4, -0.2) is 34.9 Å². The number of carboxylic acid groups (broad SMARTS) is 1. The highest BCUT2D eigenvalue weighted by Crippen LogP contribution is 2.40. The number of rotatable bonds is 7. The Balaban J connectivity index is 1.84. The molecule has 1 atom stereocenters. The first-order valence-electron chi connectivity index (χ1n) is 9.88. The maximum Gasteiger partial charge on any atom is 0.412 e. The number of fused-ring (bicyclic) bond motifs is 3. The molecule has 1 amide bonds. The van der Waals surface area contributed by atoms with Crippen molar-refractivity contribution in [1.82, 2.24) is 4.98 Å². The van der Waals surface area contributed by atoms with Crippen LogP contribution in [0.15, 0.2) is 30.5 Å². The molecule has 7 heteroatoms. The molecule has 0 aliphatic carbocycles. The quantitative estimate of drug-likeness (QED) is 0.721. The largest absolute Gasteiger partial charge is 0.492 e. The van der Waals surface area contributed by atoms with Gasteiger partial charge in [0.25, 0.3) is 0 Å². The van der Waals surface area contributed by atoms with Crippen molar-refractivity contribution >= 4 is 11.9 Å². The van der Waals surface area contributed by atoms with Gasteiger partial charge in [-0.1, -0.05) is 13.8 Å². The first kappa shape index (κ1) is 20.9. The molecule has 0 saturated heterocycles. The second kappa shape index (κ2) is 8.29. The van der Waals surface area contributed by atoms with Gasteiger partial charge in [-0.05, 0) is 49.9 Å². The van der Waals surface area contributed by atoms with E-state index in [1.165, 1.54) is 4.90 Å². The molecule has 1 aliphatic heterocycles. The number of nitrogens with zero attached hydrogens (tertiary/aromatic N) is 2. The van der Waals surface area contributed by atoms with E-state index in [0.29, 0.717) is 43.0 Å². The zero-order valence-corrected chi connectivity index (χ0v) is 17.4. The van der Waals surface area contributed by atoms with Crippen LogP contribution in [0.25, 0.3) is 11.1 Å². The Morgan fingerprint density at radius 2 is 2.14 bits per heavy atom. The summed E-state index contributed by atoms with van der Waals surface area (Å²) in [6.07, 6.45) is 1.52. The first-order valence-corrected chi connectivity index (χ1v) is 9.88. The SMILES string of the molecule is CCN(C(=O)O)c1cc2c(cn1)COc1cc(OC[C@@](C)(N)CC(C)C)ccc1-2. The number of amides is 1. The number of aromatic nitrogens is 1. The molecule has 2 heterocycles. The fourth-order valence-electron chi connectivity index (χ4n) is 3.71. The van der Waals surface area contributed by atoms with Crippen molar-refractivity contribution in [2.45, 2.75) is 46.3 Å². The molecule has 0 radical (unpaired) electrons. The molecule has 1 aromatic heterocycles. The van der Waals surface area contributed by atoms with Crippen LogP contribution in [0.4, 0.5) is 10.6 Å². The molecule has 3 rings (SSSR count). The summed E-state index contributed by atoms with van der Waals surface area (Å²) in [5.41, 5.74) is 8.66. The van der Waals surface area contributed by atoms with Crippen LogP contribution < -0.4 is 20.1 Å². The molecule has 0 spiro atoms. The zero-order chi connectivity index (χ0) is 21.2. The third-order valence-corrected chi connectivity index (χ3v) is 4.87. The van der Waals surface area contributed by atoms with E-state index < -0.39 is 11.6 Å². The lowest BCUT2D eigenvalue weighted by atomic mass is 9.93. The number of hydrogen-bond acceptors (Lipinski definition) is 5. The predicted octanol–water partition coefficient (Wildman–Crippen LogP) is 4.29. The smallest absolute Gasteiger partial charge is 0.412 e. The summed E-state index contributed by atoms with van der Waals surface area (Å²) in [5, 5.41) is 9.38. The number of carbonyl (C=O) groups is 1. The van der Waals surface area contributed by atoms with Crippen LogP contribution >= 0.6 is 0 Å². The van der Waals surface area contributed by atoms with Gasteiger partial charge in [0.15, 0.2) is 0 Å². The summed E-state index contributed by atoms with van der Waals surface area (Å²) >= 11 is 0. The second-order valence-corrected chi connectivity index (χ2v) is 8.21. The van der Waals surface area contributed by atoms with Crippen LogP contribution in [0.5, 0.6) is 11.5 Å². The van der Waals surface area contributed by atoms with Gasteiger partial charge in [0, 0.05) is 35.5 Å². The van der Waals surface area contributed by atoms with Crippen LogP contribution in [-0.2, 0) is 6.61 Å². The van der Waals surface area contributed by atoms with Gasteiger partial charge in [-0.15, -0.1) is 0 Å². The Morgan fingerprint density at radius 3 is 2.79 bits per heavy atom. The molecule has 29 heavy (non-hydrogen) atoms. The third kappa shape index (κ3) is 4.79. The minimum absolute atomic E-state index is 0.325. The minimum Gasteiger partial charge on any atom is -0.492 e. The molecular formula is C22H29N3O4. The van der Waals surface area contributed by atoms with Crippen molar-refractivity contribution in [2.24, 2.45) is 11.7 Å². The number of ether oxygens (including phenoxy) is 2. The van der Waals surface area contributed by atoms with Crippen LogP contribution in [0.2, 0.25) is 0 Å². The van der Waals surface area contributed by atoms with Gasteiger partial charge in [0.2, 0.25) is 0 Å². The van der Waals surface area contributed by atoms with Crippen molar-refractivity contribution in [3.8, 4) is 22.6 Å². The highest BCUT2D eigenvalue weighted by atomic mass is 16.5. The van der Waals surface area contributed by atoms with E-state index in [1.54, 1.807) is 19.2 Å². The minimum atomic E-state index is -1.03. The fourth-order valence-corrected chi connectivity index (χ4v) is 3.71. The van der Waals surface area contributed by atoms with Gasteiger partial charge >= 0.3 is 6.09 Å². The summed E-state index contributed by atoms with van der Waals surface area (Å²) in [7, 11) is 0. The fraction of sp³-hybridized carbons (Fsp3) is 0.455. The Bertz CT molecular complexity index is 896. The maximum absolute atomic E-state index is 11.4. The second-order valence-electron chi connectivity index (χ2n) is 8.21. The predicted molar refractivity (Wildman–Crippen MR) is 113 cm³/mol. The van der Waals surface area contributed by atoms with E-state index in [2.05, 4.69) is 18.8 Å². The summed E-state index contributed by atoms with van der Waals surface area (Å²) in [4.78, 5) is 16.9. The van der Waals surface area contributed by atoms with Gasteiger partial charge in [0.05, 0.1) is 0 Å². The Hall–Kier alpha value is -2.80. The average molecular weight is 399 g/mol. The molecule has 0 unspecified atom stereocenters. The van der Waals surface area contributed by atoms with Crippen molar-refractivity contribution in [1.29, 1.82) is 0 Å². The molecule has 1 aromatic carbocycles. The van der Waals surface area contributed by atoms with Gasteiger partial charge in [0.1, 0.15) is 30.5 Å². The van der Waals surface area contributed by atoms with E-state index in [0.717, 1.165) is 23.1 Å². The molecular weight excluding hydrogens is 370 g/mol. The monoisotopic (exact) mass is 399 g/mol. The number of pyridine rings is 1. The molecule has 1 aliphatic rings. The summed E-state index contributed by atoms with van der Waals surface area (Å²) in [5.74, 6) is 2.29. The van der Waals surface area contributed by atoms with Crippen LogP contribution in [0.3, 0.4) is 0 Å². The van der Waals surface area contributed by atoms with Gasteiger partial charge in [-0.3, -0.25) is 4.90 Å². The van der Waals surface area contributed by atoms with Gasteiger partial charge < -0.3 is 20.3 Å². The van der Waals surface area contributed by atoms with E-state index in [1.807, 2.05) is 25.1 Å². The third-order valence-electron chi connectivity index (χ3n) is 4.87. The standard InChI is InChI=1S/C22H29N3O4/c1-5-25(21(26)27)20-9-18-15(11-24-20)12-28-19-8-16(6-7-17(18)19)29-13-22(4,23)10-14(2)3/h6-9,11,14H,5,10,12-13,23H2,1-4H3,(H,26,27)/t22-/m0/s1. The molecule has 3 N–H and O–H groups in total. The number of anilines is 1. The number of benzene rings is 1. The Labute approximate surface area is 171 Å². The molecule has 0 bridgehead atoms. The maximum atomic E-state index is 11.4. The number of nitrogens with two attached hydrogens (primary N) is 1. The Morgan fingerprint density at radius 1 is 1.38 bits per heavy atom. The lowest BCUT2D eigenvalue weighted by Crippen LogP contribution is -2.43. The summed E-state index contributed by atoms with van der Waals surface area (Å²) < 4.78 is 11.8. The van der Waals surface area contributed by atoms with Crippen molar-refractivity contribution in [3.63, 3.8) is 0 Å². The van der Waals surface area contributed by atoms with Crippen molar-refractivity contribution in [2.75, 3.05) is 18.1 Å². The topological polar surface area (TPSA) is 97.9 Å². The first-order chi connectivity index (χ1) is 13.7. The molecule has 0 fully saturated rings. The molecule has 156 valence electrons. The van der Waals surface area contributed by atoms with Gasteiger partial charge in [-0.25, -0.2) is 9.78 Å². The lowest BCUT2D eigenvalue weighted by Gasteiger charge is -2.27. The summed E-state index contributed by atoms with van der Waals surface area (Å²) in [6, 6.07) is 7.48. The van der Waals surface area contributed by atoms with E-state index >= 15 is 0 Å². The Kier molecular flexibility index (Phi) is 5.98. The summed E-state index contributed by atoms with van der Waals surface area (Å²) in [6.45, 7) is 9.17. The average Bonchev–Trinajstić information content (AvgIpc) is 2.65. The van der Waals surface area contributed by atoms with E-state index in [-0.39, 0.29) is 0 Å². The molecule has 0 saturated carbocycles.